The second kappa shape index (κ2) is 8.65. The number of aliphatic hydroxyl groups is 1. The summed E-state index contributed by atoms with van der Waals surface area (Å²) in [5, 5.41) is 22.1. The molecule has 7 nitrogen and oxygen atoms in total. The summed E-state index contributed by atoms with van der Waals surface area (Å²) in [6.45, 7) is 7.33. The zero-order valence-electron chi connectivity index (χ0n) is 22.2. The lowest BCUT2D eigenvalue weighted by Crippen LogP contribution is -2.70. The molecule has 4 saturated carbocycles. The van der Waals surface area contributed by atoms with E-state index in [1.54, 1.807) is 26.8 Å². The molecule has 0 spiro atoms. The van der Waals surface area contributed by atoms with Gasteiger partial charge in [0.25, 0.3) is 0 Å². The van der Waals surface area contributed by atoms with Gasteiger partial charge in [0.05, 0.1) is 12.7 Å². The van der Waals surface area contributed by atoms with Crippen molar-refractivity contribution in [2.45, 2.75) is 90.0 Å². The van der Waals surface area contributed by atoms with Crippen molar-refractivity contribution in [3.05, 3.63) is 23.8 Å². The third kappa shape index (κ3) is 3.43. The summed E-state index contributed by atoms with van der Waals surface area (Å²) >= 11 is 0. The van der Waals surface area contributed by atoms with Crippen LogP contribution in [0.25, 0.3) is 0 Å². The number of carboxylic acid groups (broad SMARTS) is 1. The molecule has 5 rings (SSSR count). The zero-order valence-corrected chi connectivity index (χ0v) is 22.2. The Balaban J connectivity index is 1.50. The van der Waals surface area contributed by atoms with E-state index < -0.39 is 58.1 Å². The van der Waals surface area contributed by atoms with Crippen molar-refractivity contribution < 1.29 is 38.5 Å². The maximum atomic E-state index is 17.4. The number of halogens is 1. The highest BCUT2D eigenvalue weighted by atomic mass is 19.1. The van der Waals surface area contributed by atoms with E-state index in [4.69, 9.17) is 9.47 Å². The molecule has 4 fully saturated rings. The van der Waals surface area contributed by atoms with E-state index in [0.29, 0.717) is 18.4 Å². The van der Waals surface area contributed by atoms with E-state index in [1.807, 2.05) is 6.92 Å². The minimum absolute atomic E-state index is 0.130. The quantitative estimate of drug-likeness (QED) is 0.503. The molecule has 8 heteroatoms. The topological polar surface area (TPSA) is 110 Å². The smallest absolute Gasteiger partial charge is 0.478 e. The first-order chi connectivity index (χ1) is 17.3. The molecule has 37 heavy (non-hydrogen) atoms. The second-order valence-electron chi connectivity index (χ2n) is 12.8. The zero-order chi connectivity index (χ0) is 27.0. The van der Waals surface area contributed by atoms with Gasteiger partial charge in [0, 0.05) is 22.7 Å². The van der Waals surface area contributed by atoms with Gasteiger partial charge in [-0.15, -0.1) is 0 Å². The van der Waals surface area contributed by atoms with Crippen LogP contribution in [-0.4, -0.2) is 52.1 Å². The van der Waals surface area contributed by atoms with E-state index in [9.17, 15) is 24.6 Å². The molecular formula is C29H39FO7. The fourth-order valence-corrected chi connectivity index (χ4v) is 9.16. The highest BCUT2D eigenvalue weighted by molar-refractivity contribution is 6.01. The molecule has 2 N–H and O–H groups in total. The van der Waals surface area contributed by atoms with Crippen LogP contribution in [0.3, 0.4) is 0 Å². The fraction of sp³-hybridized carbons (Fsp3) is 0.759. The number of fused-ring (bicyclic) bond motifs is 5. The van der Waals surface area contributed by atoms with Crippen molar-refractivity contribution in [3.8, 4) is 0 Å². The second-order valence-corrected chi connectivity index (χ2v) is 12.8. The highest BCUT2D eigenvalue weighted by Gasteiger charge is 2.78. The minimum Gasteiger partial charge on any atom is -0.478 e. The van der Waals surface area contributed by atoms with Crippen LogP contribution in [0.15, 0.2) is 23.8 Å². The highest BCUT2D eigenvalue weighted by Crippen LogP contribution is 2.72. The largest absolute Gasteiger partial charge is 0.509 e. The summed E-state index contributed by atoms with van der Waals surface area (Å²) in [6.07, 6.45) is 6.53. The molecule has 204 valence electrons. The molecule has 0 bridgehead atoms. The predicted molar refractivity (Wildman–Crippen MR) is 132 cm³/mol. The number of allylic oxidation sites excluding steroid dienone is 4. The monoisotopic (exact) mass is 518 g/mol. The lowest BCUT2D eigenvalue weighted by atomic mass is 9.43. The number of carbonyl (C=O) groups is 3. The predicted octanol–water partition coefficient (Wildman–Crippen LogP) is 5.02. The molecule has 0 aromatic heterocycles. The van der Waals surface area contributed by atoms with Crippen molar-refractivity contribution in [2.24, 2.45) is 40.4 Å². The van der Waals surface area contributed by atoms with Gasteiger partial charge in [-0.05, 0) is 68.9 Å². The molecule has 5 aliphatic rings. The Bertz CT molecular complexity index is 1060. The fourth-order valence-electron chi connectivity index (χ4n) is 9.16. The van der Waals surface area contributed by atoms with Crippen molar-refractivity contribution >= 4 is 17.9 Å². The van der Waals surface area contributed by atoms with Gasteiger partial charge in [-0.3, -0.25) is 4.79 Å². The Labute approximate surface area is 217 Å². The lowest BCUT2D eigenvalue weighted by molar-refractivity contribution is -0.231. The maximum Gasteiger partial charge on any atom is 0.509 e. The minimum atomic E-state index is -2.09. The summed E-state index contributed by atoms with van der Waals surface area (Å²) in [5.74, 6) is -3.12. The van der Waals surface area contributed by atoms with E-state index in [2.05, 4.69) is 0 Å². The Kier molecular flexibility index (Phi) is 6.17. The van der Waals surface area contributed by atoms with Crippen LogP contribution in [0.1, 0.15) is 72.6 Å². The number of carbonyl (C=O) groups excluding carboxylic acids is 2. The summed E-state index contributed by atoms with van der Waals surface area (Å²) < 4.78 is 28.6. The first-order valence-electron chi connectivity index (χ1n) is 13.7. The van der Waals surface area contributed by atoms with Crippen LogP contribution >= 0.6 is 0 Å². The van der Waals surface area contributed by atoms with Crippen LogP contribution < -0.4 is 0 Å². The van der Waals surface area contributed by atoms with Crippen molar-refractivity contribution in [1.29, 1.82) is 0 Å². The summed E-state index contributed by atoms with van der Waals surface area (Å²) in [5.41, 5.74) is -5.78. The van der Waals surface area contributed by atoms with Crippen molar-refractivity contribution in [3.63, 3.8) is 0 Å². The SMILES string of the molecule is C[C@@H]1C[C@H]2[C@@H]3C[C@H](C)C4=CC(=O)C=C[C@]4(C)[C@@]3(F)[C@@H](O)C[C@]2(C)[C@@]1(OC(=O)OCC1CCCC1)C(=O)O. The molecule has 9 atom stereocenters. The van der Waals surface area contributed by atoms with Gasteiger partial charge in [0.2, 0.25) is 5.60 Å². The van der Waals surface area contributed by atoms with Crippen LogP contribution in [-0.2, 0) is 19.1 Å². The van der Waals surface area contributed by atoms with Gasteiger partial charge < -0.3 is 19.7 Å². The van der Waals surface area contributed by atoms with Crippen molar-refractivity contribution in [2.75, 3.05) is 6.61 Å². The van der Waals surface area contributed by atoms with Gasteiger partial charge in [-0.1, -0.05) is 45.3 Å². The normalized spacial score (nSPS) is 47.0. The van der Waals surface area contributed by atoms with Crippen LogP contribution in [0.2, 0.25) is 0 Å². The van der Waals surface area contributed by atoms with Crippen molar-refractivity contribution in [1.82, 2.24) is 0 Å². The molecule has 0 heterocycles. The molecule has 0 aromatic carbocycles. The van der Waals surface area contributed by atoms with E-state index in [-0.39, 0.29) is 30.6 Å². The van der Waals surface area contributed by atoms with Crippen LogP contribution in [0.4, 0.5) is 9.18 Å². The number of alkyl halides is 1. The van der Waals surface area contributed by atoms with Gasteiger partial charge in [-0.2, -0.15) is 0 Å². The Morgan fingerprint density at radius 2 is 1.81 bits per heavy atom. The number of ether oxygens (including phenoxy) is 2. The number of ketones is 1. The van der Waals surface area contributed by atoms with Gasteiger partial charge in [0.15, 0.2) is 11.5 Å². The standard InChI is InChI=1S/C29H39FO7/c1-16-11-22-21-12-17(2)29(24(33)34,37-25(35)36-15-18-7-5-6-8-18)27(21,4)14-23(32)28(22,30)26(3)10-9-19(31)13-20(16)26/h9-10,13,16-18,21-23,32H,5-8,11-12,14-15H2,1-4H3,(H,33,34)/t16-,17+,21-,22-,23-,26-,27-,28-,29-/m0/s1. The number of aliphatic hydroxyl groups excluding tert-OH is 1. The van der Waals surface area contributed by atoms with Gasteiger partial charge in [0.1, 0.15) is 0 Å². The van der Waals surface area contributed by atoms with Crippen LogP contribution in [0, 0.1) is 40.4 Å². The first kappa shape index (κ1) is 26.4. The number of carboxylic acids is 1. The molecule has 0 radical (unpaired) electrons. The summed E-state index contributed by atoms with van der Waals surface area (Å²) in [6, 6.07) is 0. The van der Waals surface area contributed by atoms with E-state index >= 15 is 4.39 Å². The summed E-state index contributed by atoms with van der Waals surface area (Å²) in [7, 11) is 0. The molecule has 0 aliphatic heterocycles. The Morgan fingerprint density at radius 1 is 1.14 bits per heavy atom. The number of rotatable bonds is 4. The van der Waals surface area contributed by atoms with Gasteiger partial charge >= 0.3 is 12.1 Å². The Morgan fingerprint density at radius 3 is 2.46 bits per heavy atom. The third-order valence-corrected chi connectivity index (χ3v) is 11.0. The van der Waals surface area contributed by atoms with E-state index in [1.165, 1.54) is 12.2 Å². The number of aliphatic carboxylic acids is 1. The molecule has 0 saturated heterocycles. The average molecular weight is 519 g/mol. The third-order valence-electron chi connectivity index (χ3n) is 11.0. The maximum absolute atomic E-state index is 17.4. The lowest BCUT2D eigenvalue weighted by Gasteiger charge is -2.63. The van der Waals surface area contributed by atoms with Gasteiger partial charge in [-0.25, -0.2) is 14.0 Å². The molecule has 5 aliphatic carbocycles. The molecule has 0 amide bonds. The van der Waals surface area contributed by atoms with E-state index in [0.717, 1.165) is 25.7 Å². The average Bonchev–Trinajstić information content (AvgIpc) is 3.42. The molecular weight excluding hydrogens is 479 g/mol. The number of hydrogen-bond acceptors (Lipinski definition) is 6. The molecule has 0 unspecified atom stereocenters. The first-order valence-corrected chi connectivity index (χ1v) is 13.7. The van der Waals surface area contributed by atoms with Crippen LogP contribution in [0.5, 0.6) is 0 Å². The Hall–Kier alpha value is -2.22. The number of hydrogen-bond donors (Lipinski definition) is 2. The molecule has 0 aromatic rings. The summed E-state index contributed by atoms with van der Waals surface area (Å²) in [4.78, 5) is 38.0.